The molecule has 1 N–H and O–H groups in total. The minimum atomic E-state index is -4.52. The number of carbonyl (C=O) groups excluding carboxylic acids is 2. The van der Waals surface area contributed by atoms with Gasteiger partial charge in [0.2, 0.25) is 5.91 Å². The van der Waals surface area contributed by atoms with E-state index in [1.807, 2.05) is 0 Å². The van der Waals surface area contributed by atoms with E-state index in [4.69, 9.17) is 0 Å². The zero-order valence-electron chi connectivity index (χ0n) is 13.2. The number of halogens is 5. The van der Waals surface area contributed by atoms with Gasteiger partial charge in [0, 0.05) is 25.6 Å². The minimum absolute atomic E-state index is 0.0463. The first-order chi connectivity index (χ1) is 11.6. The number of carbonyl (C=O) groups is 2. The predicted octanol–water partition coefficient (Wildman–Crippen LogP) is 3.05. The monoisotopic (exact) mass is 364 g/mol. The normalized spacial score (nSPS) is 11.1. The molecule has 0 atom stereocenters. The molecule has 0 aromatic heterocycles. The molecule has 138 valence electrons. The first-order valence-corrected chi connectivity index (χ1v) is 7.32. The van der Waals surface area contributed by atoms with Crippen LogP contribution in [0.1, 0.15) is 23.2 Å². The Labute approximate surface area is 141 Å². The van der Waals surface area contributed by atoms with Crippen LogP contribution in [0.4, 0.5) is 22.0 Å². The van der Waals surface area contributed by atoms with Crippen molar-refractivity contribution in [3.8, 4) is 0 Å². The highest BCUT2D eigenvalue weighted by atomic mass is 19.4. The van der Waals surface area contributed by atoms with Crippen LogP contribution in [-0.2, 0) is 4.79 Å². The number of alkyl halides is 3. The molecule has 0 aliphatic heterocycles. The number of benzene rings is 1. The van der Waals surface area contributed by atoms with E-state index in [0.717, 1.165) is 12.1 Å². The Balaban J connectivity index is 2.46. The van der Waals surface area contributed by atoms with Gasteiger partial charge in [0.1, 0.15) is 18.2 Å². The van der Waals surface area contributed by atoms with Gasteiger partial charge in [0.05, 0.1) is 5.56 Å². The first-order valence-electron chi connectivity index (χ1n) is 7.32. The molecular formula is C16H17F5N2O2. The fourth-order valence-electron chi connectivity index (χ4n) is 2.00. The highest BCUT2D eigenvalue weighted by molar-refractivity contribution is 5.94. The molecule has 1 aromatic rings. The zero-order valence-corrected chi connectivity index (χ0v) is 13.2. The van der Waals surface area contributed by atoms with Crippen molar-refractivity contribution in [2.45, 2.75) is 19.0 Å². The third-order valence-corrected chi connectivity index (χ3v) is 3.10. The number of nitrogens with zero attached hydrogens (tertiary/aromatic N) is 1. The highest BCUT2D eigenvalue weighted by Gasteiger charge is 2.32. The quantitative estimate of drug-likeness (QED) is 0.438. The fourth-order valence-corrected chi connectivity index (χ4v) is 2.00. The Kier molecular flexibility index (Phi) is 7.53. The van der Waals surface area contributed by atoms with E-state index in [9.17, 15) is 31.5 Å². The molecule has 0 saturated carbocycles. The van der Waals surface area contributed by atoms with Gasteiger partial charge >= 0.3 is 6.18 Å². The summed E-state index contributed by atoms with van der Waals surface area (Å²) in [6, 6.07) is 2.45. The molecule has 0 saturated heterocycles. The Hall–Kier alpha value is -2.45. The van der Waals surface area contributed by atoms with Crippen LogP contribution in [0.2, 0.25) is 0 Å². The van der Waals surface area contributed by atoms with Crippen molar-refractivity contribution in [3.05, 3.63) is 48.1 Å². The van der Waals surface area contributed by atoms with Gasteiger partial charge in [-0.2, -0.15) is 13.2 Å². The van der Waals surface area contributed by atoms with E-state index in [1.54, 1.807) is 0 Å². The summed E-state index contributed by atoms with van der Waals surface area (Å²) >= 11 is 0. The van der Waals surface area contributed by atoms with Crippen LogP contribution >= 0.6 is 0 Å². The van der Waals surface area contributed by atoms with E-state index in [0.29, 0.717) is 11.0 Å². The smallest absolute Gasteiger partial charge is 0.352 e. The zero-order chi connectivity index (χ0) is 19.0. The summed E-state index contributed by atoms with van der Waals surface area (Å²) in [6.07, 6.45) is -3.50. The van der Waals surface area contributed by atoms with Gasteiger partial charge in [-0.25, -0.2) is 8.78 Å². The third-order valence-electron chi connectivity index (χ3n) is 3.10. The van der Waals surface area contributed by atoms with Crippen molar-refractivity contribution in [2.75, 3.05) is 19.6 Å². The number of rotatable bonds is 8. The van der Waals surface area contributed by atoms with Crippen LogP contribution in [0.15, 0.2) is 30.9 Å². The average Bonchev–Trinajstić information content (AvgIpc) is 2.49. The van der Waals surface area contributed by atoms with Gasteiger partial charge in [-0.05, 0) is 18.6 Å². The van der Waals surface area contributed by atoms with Gasteiger partial charge in [-0.1, -0.05) is 6.08 Å². The van der Waals surface area contributed by atoms with Crippen LogP contribution in [0, 0.1) is 11.6 Å². The van der Waals surface area contributed by atoms with Gasteiger partial charge in [0.15, 0.2) is 0 Å². The summed E-state index contributed by atoms with van der Waals surface area (Å²) < 4.78 is 63.3. The molecule has 25 heavy (non-hydrogen) atoms. The average molecular weight is 364 g/mol. The molecule has 1 aromatic carbocycles. The lowest BCUT2D eigenvalue weighted by atomic mass is 10.2. The molecule has 0 bridgehead atoms. The SMILES string of the molecule is C=CCN(CC(F)(F)F)C(=O)CCCNC(=O)c1ccc(F)cc1F. The summed E-state index contributed by atoms with van der Waals surface area (Å²) in [5.41, 5.74) is -0.363. The number of nitrogens with one attached hydrogen (secondary N) is 1. The van der Waals surface area contributed by atoms with Crippen molar-refractivity contribution in [1.29, 1.82) is 0 Å². The molecule has 1 rings (SSSR count). The second-order valence-electron chi connectivity index (χ2n) is 5.16. The molecule has 4 nitrogen and oxygen atoms in total. The molecule has 0 unspecified atom stereocenters. The van der Waals surface area contributed by atoms with Gasteiger partial charge in [0.25, 0.3) is 5.91 Å². The van der Waals surface area contributed by atoms with Crippen molar-refractivity contribution in [1.82, 2.24) is 10.2 Å². The lowest BCUT2D eigenvalue weighted by Gasteiger charge is -2.22. The van der Waals surface area contributed by atoms with E-state index >= 15 is 0 Å². The van der Waals surface area contributed by atoms with Gasteiger partial charge in [-0.3, -0.25) is 9.59 Å². The lowest BCUT2D eigenvalue weighted by molar-refractivity contribution is -0.160. The molecular weight excluding hydrogens is 347 g/mol. The van der Waals surface area contributed by atoms with E-state index in [1.165, 1.54) is 6.08 Å². The topological polar surface area (TPSA) is 49.4 Å². The number of hydrogen-bond acceptors (Lipinski definition) is 2. The third kappa shape index (κ3) is 7.32. The van der Waals surface area contributed by atoms with Crippen molar-refractivity contribution in [3.63, 3.8) is 0 Å². The van der Waals surface area contributed by atoms with Crippen LogP contribution in [0.5, 0.6) is 0 Å². The first kappa shape index (κ1) is 20.6. The molecule has 0 aliphatic carbocycles. The standard InChI is InChI=1S/C16H17F5N2O2/c1-2-8-23(10-16(19,20)21)14(24)4-3-7-22-15(25)12-6-5-11(17)9-13(12)18/h2,5-6,9H,1,3-4,7-8,10H2,(H,22,25). The number of hydrogen-bond donors (Lipinski definition) is 1. The number of amides is 2. The minimum Gasteiger partial charge on any atom is -0.352 e. The Morgan fingerprint density at radius 2 is 1.92 bits per heavy atom. The van der Waals surface area contributed by atoms with Gasteiger partial charge < -0.3 is 10.2 Å². The van der Waals surface area contributed by atoms with Crippen molar-refractivity contribution in [2.24, 2.45) is 0 Å². The van der Waals surface area contributed by atoms with Crippen LogP contribution in [0.25, 0.3) is 0 Å². The summed E-state index contributed by atoms with van der Waals surface area (Å²) in [6.45, 7) is 1.63. The van der Waals surface area contributed by atoms with E-state index in [-0.39, 0.29) is 31.5 Å². The van der Waals surface area contributed by atoms with E-state index in [2.05, 4.69) is 11.9 Å². The molecule has 0 spiro atoms. The van der Waals surface area contributed by atoms with Crippen LogP contribution in [-0.4, -0.2) is 42.5 Å². The Bertz CT molecular complexity index is 631. The summed E-state index contributed by atoms with van der Waals surface area (Å²) in [5, 5.41) is 2.32. The van der Waals surface area contributed by atoms with E-state index < -0.39 is 36.2 Å². The fraction of sp³-hybridized carbons (Fsp3) is 0.375. The second kappa shape index (κ2) is 9.14. The van der Waals surface area contributed by atoms with Gasteiger partial charge in [-0.15, -0.1) is 6.58 Å². The molecule has 0 fully saturated rings. The largest absolute Gasteiger partial charge is 0.406 e. The van der Waals surface area contributed by atoms with Crippen molar-refractivity contribution >= 4 is 11.8 Å². The maximum absolute atomic E-state index is 13.4. The maximum Gasteiger partial charge on any atom is 0.406 e. The van der Waals surface area contributed by atoms with Crippen molar-refractivity contribution < 1.29 is 31.5 Å². The van der Waals surface area contributed by atoms with Crippen LogP contribution < -0.4 is 5.32 Å². The lowest BCUT2D eigenvalue weighted by Crippen LogP contribution is -2.39. The molecule has 0 heterocycles. The Morgan fingerprint density at radius 1 is 1.24 bits per heavy atom. The highest BCUT2D eigenvalue weighted by Crippen LogP contribution is 2.17. The summed E-state index contributed by atoms with van der Waals surface area (Å²) in [4.78, 5) is 24.1. The predicted molar refractivity (Wildman–Crippen MR) is 80.8 cm³/mol. The van der Waals surface area contributed by atoms with Crippen LogP contribution in [0.3, 0.4) is 0 Å². The second-order valence-corrected chi connectivity index (χ2v) is 5.16. The Morgan fingerprint density at radius 3 is 2.48 bits per heavy atom. The summed E-state index contributed by atoms with van der Waals surface area (Å²) in [7, 11) is 0. The maximum atomic E-state index is 13.4. The molecule has 9 heteroatoms. The molecule has 2 amide bonds. The molecule has 0 radical (unpaired) electrons. The molecule has 0 aliphatic rings. The summed E-state index contributed by atoms with van der Waals surface area (Å²) in [5.74, 6) is -3.40.